The third-order valence-electron chi connectivity index (χ3n) is 4.60. The molecule has 2 aromatic carbocycles. The standard InChI is InChI=1S/C21H19F3O3/c1-26-19-9-8-17(20(23)21(19)24)15-5-7-16(27-12-15)6-4-14-3-2-13(11-25)10-18(14)22/h2-3,8-10,15-16,25H,5,7,11-12H2,1H3. The highest BCUT2D eigenvalue weighted by molar-refractivity contribution is 5.38. The third-order valence-corrected chi connectivity index (χ3v) is 4.60. The average Bonchev–Trinajstić information content (AvgIpc) is 2.69. The average molecular weight is 376 g/mol. The predicted octanol–water partition coefficient (Wildman–Crippen LogP) is 3.92. The number of aliphatic hydroxyl groups excluding tert-OH is 1. The lowest BCUT2D eigenvalue weighted by atomic mass is 9.91. The summed E-state index contributed by atoms with van der Waals surface area (Å²) in [6.45, 7) is -0.0335. The molecule has 3 rings (SSSR count). The van der Waals surface area contributed by atoms with E-state index in [1.807, 2.05) is 0 Å². The molecule has 0 radical (unpaired) electrons. The second-order valence-electron chi connectivity index (χ2n) is 6.32. The van der Waals surface area contributed by atoms with Gasteiger partial charge in [-0.2, -0.15) is 4.39 Å². The van der Waals surface area contributed by atoms with Gasteiger partial charge in [0.15, 0.2) is 11.6 Å². The zero-order chi connectivity index (χ0) is 19.4. The summed E-state index contributed by atoms with van der Waals surface area (Å²) in [6.07, 6.45) is 0.707. The molecule has 142 valence electrons. The maximum Gasteiger partial charge on any atom is 0.200 e. The van der Waals surface area contributed by atoms with E-state index in [0.717, 1.165) is 0 Å². The first kappa shape index (κ1) is 19.3. The van der Waals surface area contributed by atoms with E-state index < -0.39 is 23.6 Å². The van der Waals surface area contributed by atoms with Gasteiger partial charge in [-0.3, -0.25) is 0 Å². The summed E-state index contributed by atoms with van der Waals surface area (Å²) in [7, 11) is 1.28. The van der Waals surface area contributed by atoms with Crippen LogP contribution in [0.25, 0.3) is 0 Å². The van der Waals surface area contributed by atoms with E-state index in [2.05, 4.69) is 11.8 Å². The summed E-state index contributed by atoms with van der Waals surface area (Å²) in [5.74, 6) is 2.78. The van der Waals surface area contributed by atoms with Gasteiger partial charge in [0.2, 0.25) is 5.82 Å². The van der Waals surface area contributed by atoms with E-state index in [9.17, 15) is 13.2 Å². The highest BCUT2D eigenvalue weighted by Gasteiger charge is 2.26. The molecule has 1 aliphatic heterocycles. The molecule has 1 heterocycles. The van der Waals surface area contributed by atoms with Gasteiger partial charge in [-0.1, -0.05) is 24.0 Å². The van der Waals surface area contributed by atoms with Gasteiger partial charge in [-0.05, 0) is 42.2 Å². The second-order valence-corrected chi connectivity index (χ2v) is 6.32. The van der Waals surface area contributed by atoms with Crippen molar-refractivity contribution in [2.45, 2.75) is 31.5 Å². The Hall–Kier alpha value is -2.49. The summed E-state index contributed by atoms with van der Waals surface area (Å²) in [5, 5.41) is 8.99. The first-order chi connectivity index (χ1) is 13.0. The normalized spacial score (nSPS) is 19.3. The molecule has 6 heteroatoms. The second kappa shape index (κ2) is 8.47. The van der Waals surface area contributed by atoms with Crippen LogP contribution in [0, 0.1) is 29.3 Å². The molecule has 27 heavy (non-hydrogen) atoms. The SMILES string of the molecule is COc1ccc(C2CCC(C#Cc3ccc(CO)cc3F)OC2)c(F)c1F. The van der Waals surface area contributed by atoms with E-state index in [-0.39, 0.29) is 36.0 Å². The zero-order valence-corrected chi connectivity index (χ0v) is 14.8. The van der Waals surface area contributed by atoms with E-state index in [0.29, 0.717) is 18.4 Å². The van der Waals surface area contributed by atoms with Crippen molar-refractivity contribution in [2.24, 2.45) is 0 Å². The molecule has 1 N–H and O–H groups in total. The lowest BCUT2D eigenvalue weighted by molar-refractivity contribution is 0.0374. The minimum absolute atomic E-state index is 0.133. The van der Waals surface area contributed by atoms with Crippen molar-refractivity contribution in [1.82, 2.24) is 0 Å². The topological polar surface area (TPSA) is 38.7 Å². The van der Waals surface area contributed by atoms with Crippen LogP contribution in [0.15, 0.2) is 30.3 Å². The number of benzene rings is 2. The van der Waals surface area contributed by atoms with Gasteiger partial charge in [-0.15, -0.1) is 0 Å². The van der Waals surface area contributed by atoms with Gasteiger partial charge in [0.25, 0.3) is 0 Å². The molecule has 1 fully saturated rings. The Bertz CT molecular complexity index is 878. The molecule has 2 atom stereocenters. The molecule has 1 aliphatic rings. The lowest BCUT2D eigenvalue weighted by Gasteiger charge is -2.27. The van der Waals surface area contributed by atoms with Crippen LogP contribution in [0.3, 0.4) is 0 Å². The Balaban J connectivity index is 1.66. The fraction of sp³-hybridized carbons (Fsp3) is 0.333. The highest BCUT2D eigenvalue weighted by atomic mass is 19.2. The number of ether oxygens (including phenoxy) is 2. The lowest BCUT2D eigenvalue weighted by Crippen LogP contribution is -2.24. The number of rotatable bonds is 3. The maximum atomic E-state index is 14.2. The Morgan fingerprint density at radius 3 is 2.59 bits per heavy atom. The molecule has 0 amide bonds. The van der Waals surface area contributed by atoms with Crippen LogP contribution in [0.1, 0.15) is 35.4 Å². The van der Waals surface area contributed by atoms with Gasteiger partial charge in [-0.25, -0.2) is 8.78 Å². The van der Waals surface area contributed by atoms with Crippen LogP contribution in [-0.2, 0) is 11.3 Å². The zero-order valence-electron chi connectivity index (χ0n) is 14.8. The van der Waals surface area contributed by atoms with Gasteiger partial charge in [0.05, 0.1) is 25.9 Å². The molecule has 0 aliphatic carbocycles. The summed E-state index contributed by atoms with van der Waals surface area (Å²) in [4.78, 5) is 0. The molecule has 2 aromatic rings. The maximum absolute atomic E-state index is 14.2. The van der Waals surface area contributed by atoms with Crippen molar-refractivity contribution in [3.8, 4) is 17.6 Å². The van der Waals surface area contributed by atoms with Crippen molar-refractivity contribution in [1.29, 1.82) is 0 Å². The number of methoxy groups -OCH3 is 1. The molecule has 1 saturated heterocycles. The van der Waals surface area contributed by atoms with E-state index >= 15 is 0 Å². The molecule has 0 spiro atoms. The molecular formula is C21H19F3O3. The van der Waals surface area contributed by atoms with Gasteiger partial charge < -0.3 is 14.6 Å². The first-order valence-electron chi connectivity index (χ1n) is 8.57. The minimum atomic E-state index is -1.00. The number of halogens is 3. The Labute approximate surface area is 155 Å². The fourth-order valence-electron chi connectivity index (χ4n) is 3.05. The molecule has 0 bridgehead atoms. The molecule has 0 saturated carbocycles. The van der Waals surface area contributed by atoms with Gasteiger partial charge in [0, 0.05) is 5.92 Å². The van der Waals surface area contributed by atoms with Crippen molar-refractivity contribution in [2.75, 3.05) is 13.7 Å². The van der Waals surface area contributed by atoms with Gasteiger partial charge in [0.1, 0.15) is 11.9 Å². The fourth-order valence-corrected chi connectivity index (χ4v) is 3.05. The number of hydrogen-bond donors (Lipinski definition) is 1. The van der Waals surface area contributed by atoms with Crippen LogP contribution >= 0.6 is 0 Å². The molecular weight excluding hydrogens is 357 g/mol. The summed E-state index contributed by atoms with van der Waals surface area (Å²) in [6, 6.07) is 7.26. The summed E-state index contributed by atoms with van der Waals surface area (Å²) >= 11 is 0. The monoisotopic (exact) mass is 376 g/mol. The van der Waals surface area contributed by atoms with Crippen LogP contribution in [0.2, 0.25) is 0 Å². The molecule has 0 aromatic heterocycles. The summed E-state index contributed by atoms with van der Waals surface area (Å²) < 4.78 is 52.4. The van der Waals surface area contributed by atoms with Crippen molar-refractivity contribution < 1.29 is 27.8 Å². The molecule has 2 unspecified atom stereocenters. The Morgan fingerprint density at radius 2 is 1.96 bits per heavy atom. The van der Waals surface area contributed by atoms with Crippen molar-refractivity contribution >= 4 is 0 Å². The Morgan fingerprint density at radius 1 is 1.15 bits per heavy atom. The minimum Gasteiger partial charge on any atom is -0.494 e. The quantitative estimate of drug-likeness (QED) is 0.826. The van der Waals surface area contributed by atoms with E-state index in [1.165, 1.54) is 31.4 Å². The summed E-state index contributed by atoms with van der Waals surface area (Å²) in [5.41, 5.74) is 0.954. The smallest absolute Gasteiger partial charge is 0.200 e. The van der Waals surface area contributed by atoms with Gasteiger partial charge >= 0.3 is 0 Å². The van der Waals surface area contributed by atoms with Crippen molar-refractivity contribution in [3.05, 3.63) is 64.5 Å². The third kappa shape index (κ3) is 4.26. The van der Waals surface area contributed by atoms with E-state index in [1.54, 1.807) is 6.07 Å². The van der Waals surface area contributed by atoms with Crippen LogP contribution in [0.5, 0.6) is 5.75 Å². The molecule has 3 nitrogen and oxygen atoms in total. The highest BCUT2D eigenvalue weighted by Crippen LogP contribution is 2.33. The van der Waals surface area contributed by atoms with Crippen LogP contribution in [-0.4, -0.2) is 24.9 Å². The van der Waals surface area contributed by atoms with Crippen LogP contribution in [0.4, 0.5) is 13.2 Å². The largest absolute Gasteiger partial charge is 0.494 e. The number of aliphatic hydroxyl groups is 1. The Kier molecular flexibility index (Phi) is 6.04. The van der Waals surface area contributed by atoms with Crippen LogP contribution < -0.4 is 4.74 Å². The predicted molar refractivity (Wildman–Crippen MR) is 93.8 cm³/mol. The van der Waals surface area contributed by atoms with E-state index in [4.69, 9.17) is 14.6 Å². The first-order valence-corrected chi connectivity index (χ1v) is 8.57. The number of hydrogen-bond acceptors (Lipinski definition) is 3. The van der Waals surface area contributed by atoms with Crippen molar-refractivity contribution in [3.63, 3.8) is 0 Å².